The average Bonchev–Trinajstić information content (AvgIpc) is 2.62. The van der Waals surface area contributed by atoms with Crippen molar-refractivity contribution in [2.24, 2.45) is 0 Å². The molecule has 0 bridgehead atoms. The zero-order valence-corrected chi connectivity index (χ0v) is 14.3. The van der Waals surface area contributed by atoms with Gasteiger partial charge in [0.05, 0.1) is 5.56 Å². The molecule has 0 radical (unpaired) electrons. The van der Waals surface area contributed by atoms with Crippen LogP contribution in [0.2, 0.25) is 0 Å². The monoisotopic (exact) mass is 336 g/mol. The van der Waals surface area contributed by atoms with E-state index >= 15 is 0 Å². The van der Waals surface area contributed by atoms with Crippen LogP contribution in [0, 0.1) is 12.9 Å². The summed E-state index contributed by atoms with van der Waals surface area (Å²) in [7, 11) is 0. The van der Waals surface area contributed by atoms with E-state index in [1.54, 1.807) is 17.1 Å². The highest BCUT2D eigenvalue weighted by Gasteiger charge is 2.18. The van der Waals surface area contributed by atoms with E-state index in [0.29, 0.717) is 18.7 Å². The topological polar surface area (TPSA) is 33.2 Å². The molecule has 2 aromatic rings. The molecule has 2 rings (SSSR count). The summed E-state index contributed by atoms with van der Waals surface area (Å²) in [5.74, 6) is -0.826. The van der Waals surface area contributed by atoms with Gasteiger partial charge in [0.2, 0.25) is 5.95 Å². The standard InChI is InChI=1S/C21H21FN2O/c1-4-8-17(5-2)14-24(15-19-10-7-6-9-16(19)3)21(25)18-11-12-20(22)23-13-18/h4-13H,1-2,14-15H2,3H3. The lowest BCUT2D eigenvalue weighted by Crippen LogP contribution is -2.32. The number of hydrogen-bond acceptors (Lipinski definition) is 2. The van der Waals surface area contributed by atoms with Gasteiger partial charge in [-0.05, 0) is 35.8 Å². The lowest BCUT2D eigenvalue weighted by Gasteiger charge is -2.24. The fraction of sp³-hybridized carbons (Fsp3) is 0.143. The molecule has 0 fully saturated rings. The first kappa shape index (κ1) is 18.3. The van der Waals surface area contributed by atoms with Crippen molar-refractivity contribution in [3.8, 4) is 0 Å². The molecule has 4 heteroatoms. The molecular weight excluding hydrogens is 315 g/mol. The second kappa shape index (κ2) is 8.73. The molecule has 25 heavy (non-hydrogen) atoms. The number of amides is 1. The van der Waals surface area contributed by atoms with E-state index in [4.69, 9.17) is 0 Å². The highest BCUT2D eigenvalue weighted by Crippen LogP contribution is 2.15. The quantitative estimate of drug-likeness (QED) is 0.552. The Morgan fingerprint density at radius 2 is 2.00 bits per heavy atom. The van der Waals surface area contributed by atoms with Gasteiger partial charge in [-0.2, -0.15) is 4.39 Å². The molecule has 1 aromatic heterocycles. The van der Waals surface area contributed by atoms with Crippen LogP contribution in [0.15, 0.2) is 79.6 Å². The van der Waals surface area contributed by atoms with Crippen molar-refractivity contribution < 1.29 is 9.18 Å². The molecule has 0 atom stereocenters. The molecule has 0 aliphatic heterocycles. The van der Waals surface area contributed by atoms with Crippen molar-refractivity contribution in [3.05, 3.63) is 102 Å². The summed E-state index contributed by atoms with van der Waals surface area (Å²) in [6, 6.07) is 10.5. The molecule has 0 saturated heterocycles. The van der Waals surface area contributed by atoms with Gasteiger partial charge in [0.1, 0.15) is 0 Å². The van der Waals surface area contributed by atoms with E-state index in [-0.39, 0.29) is 5.91 Å². The summed E-state index contributed by atoms with van der Waals surface area (Å²) in [5.41, 5.74) is 3.36. The highest BCUT2D eigenvalue weighted by molar-refractivity contribution is 5.94. The van der Waals surface area contributed by atoms with Gasteiger partial charge in [-0.3, -0.25) is 4.79 Å². The van der Waals surface area contributed by atoms with Crippen LogP contribution < -0.4 is 0 Å². The number of hydrogen-bond donors (Lipinski definition) is 0. The second-order valence-electron chi connectivity index (χ2n) is 5.64. The molecule has 0 aliphatic rings. The summed E-state index contributed by atoms with van der Waals surface area (Å²) < 4.78 is 13.0. The summed E-state index contributed by atoms with van der Waals surface area (Å²) in [6.07, 6.45) is 6.43. The SMILES string of the molecule is C=CC=C(C=C)CN(Cc1ccccc1C)C(=O)c1ccc(F)nc1. The number of carbonyl (C=O) groups excluding carboxylic acids is 1. The lowest BCUT2D eigenvalue weighted by molar-refractivity contribution is 0.0759. The number of pyridine rings is 1. The molecule has 0 N–H and O–H groups in total. The van der Waals surface area contributed by atoms with Crippen LogP contribution in [0.4, 0.5) is 4.39 Å². The van der Waals surface area contributed by atoms with Gasteiger partial charge >= 0.3 is 0 Å². The van der Waals surface area contributed by atoms with Gasteiger partial charge in [-0.15, -0.1) is 0 Å². The average molecular weight is 336 g/mol. The van der Waals surface area contributed by atoms with Crippen LogP contribution in [0.3, 0.4) is 0 Å². The third-order valence-electron chi connectivity index (χ3n) is 3.85. The molecule has 0 unspecified atom stereocenters. The van der Waals surface area contributed by atoms with Crippen LogP contribution >= 0.6 is 0 Å². The van der Waals surface area contributed by atoms with Crippen molar-refractivity contribution in [3.63, 3.8) is 0 Å². The van der Waals surface area contributed by atoms with Crippen LogP contribution in [-0.2, 0) is 6.54 Å². The summed E-state index contributed by atoms with van der Waals surface area (Å²) >= 11 is 0. The third kappa shape index (κ3) is 4.98. The number of benzene rings is 1. The molecular formula is C21H21FN2O. The third-order valence-corrected chi connectivity index (χ3v) is 3.85. The second-order valence-corrected chi connectivity index (χ2v) is 5.64. The van der Waals surface area contributed by atoms with Gasteiger partial charge in [0.15, 0.2) is 0 Å². The van der Waals surface area contributed by atoms with E-state index < -0.39 is 5.95 Å². The molecule has 1 aromatic carbocycles. The Balaban J connectivity index is 2.33. The Morgan fingerprint density at radius 3 is 2.60 bits per heavy atom. The highest BCUT2D eigenvalue weighted by atomic mass is 19.1. The van der Waals surface area contributed by atoms with Gasteiger partial charge in [0.25, 0.3) is 5.91 Å². The minimum Gasteiger partial charge on any atom is -0.330 e. The van der Waals surface area contributed by atoms with Crippen LogP contribution in [0.25, 0.3) is 0 Å². The van der Waals surface area contributed by atoms with Gasteiger partial charge in [-0.1, -0.05) is 55.7 Å². The van der Waals surface area contributed by atoms with Crippen LogP contribution in [-0.4, -0.2) is 22.3 Å². The van der Waals surface area contributed by atoms with Gasteiger partial charge in [0, 0.05) is 19.3 Å². The minimum absolute atomic E-state index is 0.215. The molecule has 128 valence electrons. The lowest BCUT2D eigenvalue weighted by atomic mass is 10.1. The van der Waals surface area contributed by atoms with E-state index in [2.05, 4.69) is 18.1 Å². The largest absolute Gasteiger partial charge is 0.330 e. The smallest absolute Gasteiger partial charge is 0.256 e. The van der Waals surface area contributed by atoms with Crippen molar-refractivity contribution in [2.45, 2.75) is 13.5 Å². The first-order chi connectivity index (χ1) is 12.0. The number of rotatable bonds is 7. The number of halogens is 1. The molecule has 0 aliphatic carbocycles. The van der Waals surface area contributed by atoms with E-state index in [1.807, 2.05) is 37.3 Å². The van der Waals surface area contributed by atoms with Crippen molar-refractivity contribution in [2.75, 3.05) is 6.54 Å². The van der Waals surface area contributed by atoms with E-state index in [1.165, 1.54) is 18.3 Å². The van der Waals surface area contributed by atoms with Crippen molar-refractivity contribution in [1.82, 2.24) is 9.88 Å². The Hall–Kier alpha value is -3.01. The molecule has 0 spiro atoms. The van der Waals surface area contributed by atoms with Gasteiger partial charge < -0.3 is 4.90 Å². The predicted octanol–water partition coefficient (Wildman–Crippen LogP) is 4.47. The number of aromatic nitrogens is 1. The zero-order chi connectivity index (χ0) is 18.2. The number of aryl methyl sites for hydroxylation is 1. The molecule has 3 nitrogen and oxygen atoms in total. The number of carbonyl (C=O) groups is 1. The minimum atomic E-state index is -0.611. The molecule has 1 heterocycles. The first-order valence-corrected chi connectivity index (χ1v) is 7.94. The Morgan fingerprint density at radius 1 is 1.24 bits per heavy atom. The predicted molar refractivity (Wildman–Crippen MR) is 98.6 cm³/mol. The first-order valence-electron chi connectivity index (χ1n) is 7.94. The maximum atomic E-state index is 13.0. The summed E-state index contributed by atoms with van der Waals surface area (Å²) in [4.78, 5) is 18.2. The van der Waals surface area contributed by atoms with Crippen LogP contribution in [0.1, 0.15) is 21.5 Å². The summed E-state index contributed by atoms with van der Waals surface area (Å²) in [5, 5.41) is 0. The fourth-order valence-corrected chi connectivity index (χ4v) is 2.43. The van der Waals surface area contributed by atoms with E-state index in [0.717, 1.165) is 16.7 Å². The Bertz CT molecular complexity index is 794. The number of nitrogens with zero attached hydrogens (tertiary/aromatic N) is 2. The number of allylic oxidation sites excluding steroid dienone is 2. The zero-order valence-electron chi connectivity index (χ0n) is 14.3. The molecule has 0 saturated carbocycles. The fourth-order valence-electron chi connectivity index (χ4n) is 2.43. The van der Waals surface area contributed by atoms with Crippen molar-refractivity contribution >= 4 is 5.91 Å². The maximum Gasteiger partial charge on any atom is 0.256 e. The van der Waals surface area contributed by atoms with Crippen LogP contribution in [0.5, 0.6) is 0 Å². The van der Waals surface area contributed by atoms with Gasteiger partial charge in [-0.25, -0.2) is 4.98 Å². The Kier molecular flexibility index (Phi) is 6.40. The Labute approximate surface area is 147 Å². The normalized spacial score (nSPS) is 11.0. The maximum absolute atomic E-state index is 13.0. The van der Waals surface area contributed by atoms with E-state index in [9.17, 15) is 9.18 Å². The van der Waals surface area contributed by atoms with Crippen molar-refractivity contribution in [1.29, 1.82) is 0 Å². The molecule has 1 amide bonds. The summed E-state index contributed by atoms with van der Waals surface area (Å²) in [6.45, 7) is 10.3.